The molecular weight excluding hydrogens is 273 g/mol. The zero-order valence-corrected chi connectivity index (χ0v) is 11.1. The van der Waals surface area contributed by atoms with E-state index in [1.54, 1.807) is 43.8 Å². The number of rotatable bonds is 3. The highest BCUT2D eigenvalue weighted by molar-refractivity contribution is 6.34. The van der Waals surface area contributed by atoms with Gasteiger partial charge in [0.2, 0.25) is 0 Å². The summed E-state index contributed by atoms with van der Waals surface area (Å²) in [5.74, 6) is 0.583. The number of ether oxygens (including phenoxy) is 1. The molecule has 1 heterocycles. The maximum absolute atomic E-state index is 10.2. The Bertz CT molecular complexity index is 540. The first-order valence-corrected chi connectivity index (χ1v) is 5.98. The molecule has 0 aliphatic carbocycles. The largest absolute Gasteiger partial charge is 0.495 e. The van der Waals surface area contributed by atoms with Crippen LogP contribution in [0.4, 0.5) is 0 Å². The van der Waals surface area contributed by atoms with Gasteiger partial charge in [0.05, 0.1) is 13.3 Å². The lowest BCUT2D eigenvalue weighted by molar-refractivity contribution is 0.219. The van der Waals surface area contributed by atoms with Crippen molar-refractivity contribution in [2.45, 2.75) is 6.10 Å². The number of pyridine rings is 1. The van der Waals surface area contributed by atoms with Crippen LogP contribution in [0.15, 0.2) is 36.7 Å². The summed E-state index contributed by atoms with van der Waals surface area (Å²) in [7, 11) is 1.55. The molecule has 0 aliphatic heterocycles. The number of aliphatic hydroxyl groups is 1. The van der Waals surface area contributed by atoms with Crippen LogP contribution in [-0.2, 0) is 0 Å². The Labute approximate surface area is 115 Å². The van der Waals surface area contributed by atoms with E-state index in [9.17, 15) is 5.11 Å². The number of methoxy groups -OCH3 is 1. The highest BCUT2D eigenvalue weighted by Crippen LogP contribution is 2.28. The topological polar surface area (TPSA) is 42.4 Å². The summed E-state index contributed by atoms with van der Waals surface area (Å²) in [5, 5.41) is 11.2. The van der Waals surface area contributed by atoms with Crippen molar-refractivity contribution in [3.05, 3.63) is 57.8 Å². The van der Waals surface area contributed by atoms with Gasteiger partial charge in [-0.25, -0.2) is 0 Å². The third-order valence-electron chi connectivity index (χ3n) is 2.49. The van der Waals surface area contributed by atoms with E-state index in [4.69, 9.17) is 27.9 Å². The predicted molar refractivity (Wildman–Crippen MR) is 71.3 cm³/mol. The third kappa shape index (κ3) is 2.93. The summed E-state index contributed by atoms with van der Waals surface area (Å²) in [6.07, 6.45) is 2.30. The van der Waals surface area contributed by atoms with Crippen LogP contribution in [0.1, 0.15) is 17.2 Å². The quantitative estimate of drug-likeness (QED) is 0.938. The van der Waals surface area contributed by atoms with Crippen LogP contribution in [0.2, 0.25) is 10.0 Å². The van der Waals surface area contributed by atoms with E-state index in [2.05, 4.69) is 4.98 Å². The molecule has 5 heteroatoms. The van der Waals surface area contributed by atoms with Gasteiger partial charge in [0.25, 0.3) is 0 Å². The predicted octanol–water partition coefficient (Wildman–Crippen LogP) is 3.48. The zero-order chi connectivity index (χ0) is 13.1. The molecule has 0 saturated carbocycles. The fourth-order valence-electron chi connectivity index (χ4n) is 1.62. The van der Waals surface area contributed by atoms with Crippen molar-refractivity contribution in [2.24, 2.45) is 0 Å². The number of hydrogen-bond donors (Lipinski definition) is 1. The van der Waals surface area contributed by atoms with Crippen LogP contribution in [0, 0.1) is 0 Å². The number of benzene rings is 1. The Hall–Kier alpha value is -1.29. The van der Waals surface area contributed by atoms with E-state index >= 15 is 0 Å². The van der Waals surface area contributed by atoms with Crippen LogP contribution >= 0.6 is 23.2 Å². The van der Waals surface area contributed by atoms with E-state index in [1.165, 1.54) is 0 Å². The Kier molecular flexibility index (Phi) is 4.07. The molecular formula is C13H11Cl2NO2. The molecule has 0 radical (unpaired) electrons. The van der Waals surface area contributed by atoms with Crippen molar-refractivity contribution in [3.63, 3.8) is 0 Å². The second kappa shape index (κ2) is 5.57. The van der Waals surface area contributed by atoms with Gasteiger partial charge >= 0.3 is 0 Å². The summed E-state index contributed by atoms with van der Waals surface area (Å²) < 4.78 is 5.06. The van der Waals surface area contributed by atoms with Gasteiger partial charge in [0.1, 0.15) is 11.9 Å². The summed E-state index contributed by atoms with van der Waals surface area (Å²) >= 11 is 11.8. The minimum atomic E-state index is -0.844. The average Bonchev–Trinajstić information content (AvgIpc) is 2.37. The number of hydrogen-bond acceptors (Lipinski definition) is 3. The van der Waals surface area contributed by atoms with Gasteiger partial charge in [-0.15, -0.1) is 0 Å². The number of halogens is 2. The molecule has 1 unspecified atom stereocenters. The van der Waals surface area contributed by atoms with E-state index in [0.29, 0.717) is 26.9 Å². The van der Waals surface area contributed by atoms with Gasteiger partial charge < -0.3 is 9.84 Å². The third-order valence-corrected chi connectivity index (χ3v) is 2.92. The van der Waals surface area contributed by atoms with Gasteiger partial charge in [-0.3, -0.25) is 4.98 Å². The molecule has 94 valence electrons. The zero-order valence-electron chi connectivity index (χ0n) is 9.60. The van der Waals surface area contributed by atoms with Crippen LogP contribution in [0.25, 0.3) is 0 Å². The van der Waals surface area contributed by atoms with Crippen LogP contribution < -0.4 is 4.74 Å². The molecule has 1 aromatic carbocycles. The maximum Gasteiger partial charge on any atom is 0.137 e. The highest BCUT2D eigenvalue weighted by atomic mass is 35.5. The molecule has 2 aromatic rings. The van der Waals surface area contributed by atoms with Crippen molar-refractivity contribution in [3.8, 4) is 5.75 Å². The summed E-state index contributed by atoms with van der Waals surface area (Å²) in [6, 6.07) is 6.66. The monoisotopic (exact) mass is 283 g/mol. The van der Waals surface area contributed by atoms with Crippen molar-refractivity contribution in [1.82, 2.24) is 4.98 Å². The molecule has 0 spiro atoms. The van der Waals surface area contributed by atoms with Crippen LogP contribution in [-0.4, -0.2) is 17.2 Å². The molecule has 0 fully saturated rings. The molecule has 3 nitrogen and oxygen atoms in total. The van der Waals surface area contributed by atoms with E-state index < -0.39 is 6.10 Å². The maximum atomic E-state index is 10.2. The van der Waals surface area contributed by atoms with Gasteiger partial charge in [0.15, 0.2) is 0 Å². The Morgan fingerprint density at radius 3 is 2.33 bits per heavy atom. The van der Waals surface area contributed by atoms with Gasteiger partial charge in [-0.2, -0.15) is 0 Å². The lowest BCUT2D eigenvalue weighted by Crippen LogP contribution is -2.01. The first kappa shape index (κ1) is 13.1. The van der Waals surface area contributed by atoms with Crippen LogP contribution in [0.3, 0.4) is 0 Å². The summed E-state index contributed by atoms with van der Waals surface area (Å²) in [6.45, 7) is 0. The molecule has 18 heavy (non-hydrogen) atoms. The van der Waals surface area contributed by atoms with E-state index in [1.807, 2.05) is 0 Å². The normalized spacial score (nSPS) is 12.2. The smallest absolute Gasteiger partial charge is 0.137 e. The van der Waals surface area contributed by atoms with Crippen LogP contribution in [0.5, 0.6) is 5.75 Å². The summed E-state index contributed by atoms with van der Waals surface area (Å²) in [5.41, 5.74) is 1.23. The van der Waals surface area contributed by atoms with Gasteiger partial charge in [0, 0.05) is 21.8 Å². The molecule has 0 amide bonds. The minimum Gasteiger partial charge on any atom is -0.495 e. The van der Waals surface area contributed by atoms with Gasteiger partial charge in [-0.05, 0) is 29.8 Å². The van der Waals surface area contributed by atoms with E-state index in [0.717, 1.165) is 0 Å². The van der Waals surface area contributed by atoms with Crippen molar-refractivity contribution in [2.75, 3.05) is 7.11 Å². The lowest BCUT2D eigenvalue weighted by Gasteiger charge is -2.12. The fraction of sp³-hybridized carbons (Fsp3) is 0.154. The number of aliphatic hydroxyl groups excluding tert-OH is 1. The molecule has 0 saturated heterocycles. The first-order chi connectivity index (χ1) is 8.60. The molecule has 1 aromatic heterocycles. The second-order valence-electron chi connectivity index (χ2n) is 3.76. The van der Waals surface area contributed by atoms with Crippen molar-refractivity contribution < 1.29 is 9.84 Å². The summed E-state index contributed by atoms with van der Waals surface area (Å²) in [4.78, 5) is 4.00. The SMILES string of the molecule is COc1cncc(C(O)c2cc(Cl)cc(Cl)c2)c1. The molecule has 1 atom stereocenters. The van der Waals surface area contributed by atoms with Crippen molar-refractivity contribution in [1.29, 1.82) is 0 Å². The second-order valence-corrected chi connectivity index (χ2v) is 4.64. The van der Waals surface area contributed by atoms with Crippen molar-refractivity contribution >= 4 is 23.2 Å². The first-order valence-electron chi connectivity index (χ1n) is 5.23. The Balaban J connectivity index is 2.37. The lowest BCUT2D eigenvalue weighted by atomic mass is 10.0. The standard InChI is InChI=1S/C13H11Cl2NO2/c1-18-12-4-9(6-16-7-12)13(17)8-2-10(14)5-11(15)3-8/h2-7,13,17H,1H3. The van der Waals surface area contributed by atoms with E-state index in [-0.39, 0.29) is 0 Å². The minimum absolute atomic E-state index is 0.479. The fourth-order valence-corrected chi connectivity index (χ4v) is 2.17. The molecule has 2 rings (SSSR count). The molecule has 1 N–H and O–H groups in total. The van der Waals surface area contributed by atoms with Gasteiger partial charge in [-0.1, -0.05) is 23.2 Å². The number of aromatic nitrogens is 1. The Morgan fingerprint density at radius 2 is 1.72 bits per heavy atom. The highest BCUT2D eigenvalue weighted by Gasteiger charge is 2.13. The number of nitrogens with zero attached hydrogens (tertiary/aromatic N) is 1. The average molecular weight is 284 g/mol. The molecule has 0 aliphatic rings. The molecule has 0 bridgehead atoms. The Morgan fingerprint density at radius 1 is 1.06 bits per heavy atom.